The number of aromatic amines is 2. The van der Waals surface area contributed by atoms with Crippen LogP contribution in [0.25, 0.3) is 21.9 Å². The number of aryl methyl sites for hydroxylation is 1. The maximum atomic E-state index is 12.5. The number of halogens is 1. The van der Waals surface area contributed by atoms with E-state index in [4.69, 9.17) is 32.6 Å². The third-order valence-corrected chi connectivity index (χ3v) is 6.95. The van der Waals surface area contributed by atoms with Gasteiger partial charge >= 0.3 is 0 Å². The summed E-state index contributed by atoms with van der Waals surface area (Å²) in [7, 11) is 0. The molecule has 4 aromatic rings. The molecule has 1 saturated heterocycles. The van der Waals surface area contributed by atoms with Crippen LogP contribution in [0.5, 0.6) is 0 Å². The van der Waals surface area contributed by atoms with Crippen molar-refractivity contribution in [2.75, 3.05) is 18.0 Å². The molecule has 0 saturated carbocycles. The number of nitriles is 1. The van der Waals surface area contributed by atoms with Crippen molar-refractivity contribution in [3.05, 3.63) is 50.9 Å². The molecule has 1 aromatic carbocycles. The fraction of sp³-hybridized carbons (Fsp3) is 0.273. The Balaban J connectivity index is 1.61. The summed E-state index contributed by atoms with van der Waals surface area (Å²) in [5.41, 5.74) is 8.20. The van der Waals surface area contributed by atoms with Crippen molar-refractivity contribution in [1.82, 2.24) is 19.9 Å². The lowest BCUT2D eigenvalue weighted by molar-refractivity contribution is 0.751. The normalized spacial score (nSPS) is 16.2. The summed E-state index contributed by atoms with van der Waals surface area (Å²) in [6.45, 7) is 3.55. The van der Waals surface area contributed by atoms with Crippen LogP contribution in [0.4, 0.5) is 5.82 Å². The van der Waals surface area contributed by atoms with E-state index in [1.807, 2.05) is 25.1 Å². The number of benzene rings is 1. The zero-order valence-corrected chi connectivity index (χ0v) is 18.8. The Labute approximate surface area is 192 Å². The molecule has 0 radical (unpaired) electrons. The number of nitrogens with one attached hydrogen (secondary N) is 2. The molecule has 4 heterocycles. The number of hydrogen-bond donors (Lipinski definition) is 3. The number of pyridine rings is 1. The first-order valence-corrected chi connectivity index (χ1v) is 11.5. The van der Waals surface area contributed by atoms with Gasteiger partial charge in [0.05, 0.1) is 10.4 Å². The van der Waals surface area contributed by atoms with Crippen molar-refractivity contribution in [3.63, 3.8) is 0 Å². The van der Waals surface area contributed by atoms with Crippen molar-refractivity contribution >= 4 is 51.1 Å². The second-order valence-electron chi connectivity index (χ2n) is 7.77. The van der Waals surface area contributed by atoms with Crippen molar-refractivity contribution in [2.45, 2.75) is 35.9 Å². The Morgan fingerprint density at radius 1 is 1.41 bits per heavy atom. The standard InChI is InChI=1S/C22H20ClN7OS/c1-2-15-18(23)17-20(27-15)28-22(29-21(17)30-6-5-12(25)10-30)32-13-3-4-16-14(7-13)19(31)11(8-24)9-26-16/h3-4,7,9,12H,2,5-6,10,25H2,1H3,(H,26,31)(H,27,28,29)/t12-/m1/s1. The first kappa shape index (κ1) is 20.8. The van der Waals surface area contributed by atoms with Crippen LogP contribution in [-0.2, 0) is 6.42 Å². The van der Waals surface area contributed by atoms with Crippen molar-refractivity contribution in [2.24, 2.45) is 5.73 Å². The number of fused-ring (bicyclic) bond motifs is 2. The SMILES string of the molecule is CCc1[nH]c2nc(Sc3ccc4[nH]cc(C#N)c(=O)c4c3)nc(N3CC[C@@H](N)C3)c2c1Cl. The van der Waals surface area contributed by atoms with Crippen LogP contribution in [0.15, 0.2) is 39.2 Å². The van der Waals surface area contributed by atoms with E-state index in [2.05, 4.69) is 14.9 Å². The lowest BCUT2D eigenvalue weighted by Gasteiger charge is -2.18. The van der Waals surface area contributed by atoms with Gasteiger partial charge in [0.15, 0.2) is 5.16 Å². The molecule has 8 nitrogen and oxygen atoms in total. The molecule has 1 atom stereocenters. The molecule has 32 heavy (non-hydrogen) atoms. The molecule has 10 heteroatoms. The molecule has 1 fully saturated rings. The summed E-state index contributed by atoms with van der Waals surface area (Å²) in [4.78, 5) is 31.4. The summed E-state index contributed by atoms with van der Waals surface area (Å²) in [5.74, 6) is 0.775. The predicted octanol–water partition coefficient (Wildman–Crippen LogP) is 3.58. The maximum absolute atomic E-state index is 12.5. The highest BCUT2D eigenvalue weighted by Gasteiger charge is 2.26. The fourth-order valence-electron chi connectivity index (χ4n) is 4.02. The van der Waals surface area contributed by atoms with E-state index in [9.17, 15) is 4.79 Å². The average molecular weight is 466 g/mol. The van der Waals surface area contributed by atoms with E-state index in [1.54, 1.807) is 6.07 Å². The third-order valence-electron chi connectivity index (χ3n) is 5.68. The molecule has 0 amide bonds. The molecule has 1 aliphatic heterocycles. The van der Waals surface area contributed by atoms with E-state index in [0.717, 1.165) is 41.2 Å². The first-order valence-electron chi connectivity index (χ1n) is 10.3. The van der Waals surface area contributed by atoms with Crippen LogP contribution >= 0.6 is 23.4 Å². The number of nitrogens with two attached hydrogens (primary N) is 1. The van der Waals surface area contributed by atoms with Gasteiger partial charge < -0.3 is 20.6 Å². The number of rotatable bonds is 4. The lowest BCUT2D eigenvalue weighted by Crippen LogP contribution is -2.27. The largest absolute Gasteiger partial charge is 0.360 e. The summed E-state index contributed by atoms with van der Waals surface area (Å²) in [5, 5.41) is 11.6. The highest BCUT2D eigenvalue weighted by Crippen LogP contribution is 2.37. The quantitative estimate of drug-likeness (QED) is 0.393. The van der Waals surface area contributed by atoms with Gasteiger partial charge in [-0.1, -0.05) is 18.5 Å². The van der Waals surface area contributed by atoms with Crippen LogP contribution in [0.1, 0.15) is 24.6 Å². The molecule has 4 N–H and O–H groups in total. The topological polar surface area (TPSA) is 127 Å². The number of nitrogens with zero attached hydrogens (tertiary/aromatic N) is 4. The molecular weight excluding hydrogens is 446 g/mol. The average Bonchev–Trinajstić information content (AvgIpc) is 3.37. The maximum Gasteiger partial charge on any atom is 0.207 e. The van der Waals surface area contributed by atoms with Gasteiger partial charge in [-0.25, -0.2) is 9.97 Å². The third kappa shape index (κ3) is 3.50. The molecule has 0 unspecified atom stereocenters. The van der Waals surface area contributed by atoms with Crippen LogP contribution in [0, 0.1) is 11.3 Å². The second-order valence-corrected chi connectivity index (χ2v) is 9.19. The second kappa shape index (κ2) is 8.13. The highest BCUT2D eigenvalue weighted by atomic mass is 35.5. The predicted molar refractivity (Wildman–Crippen MR) is 126 cm³/mol. The van der Waals surface area contributed by atoms with Gasteiger partial charge in [-0.2, -0.15) is 5.26 Å². The Morgan fingerprint density at radius 2 is 2.25 bits per heavy atom. The summed E-state index contributed by atoms with van der Waals surface area (Å²) in [6.07, 6.45) is 3.08. The molecule has 0 bridgehead atoms. The summed E-state index contributed by atoms with van der Waals surface area (Å²) in [6, 6.07) is 7.50. The zero-order valence-electron chi connectivity index (χ0n) is 17.3. The van der Waals surface area contributed by atoms with E-state index < -0.39 is 0 Å². The van der Waals surface area contributed by atoms with Crippen LogP contribution in [0.2, 0.25) is 5.02 Å². The number of anilines is 1. The summed E-state index contributed by atoms with van der Waals surface area (Å²) >= 11 is 8.02. The number of H-pyrrole nitrogens is 2. The van der Waals surface area contributed by atoms with E-state index in [0.29, 0.717) is 33.3 Å². The van der Waals surface area contributed by atoms with E-state index in [-0.39, 0.29) is 17.0 Å². The van der Waals surface area contributed by atoms with Gasteiger partial charge in [-0.15, -0.1) is 0 Å². The van der Waals surface area contributed by atoms with Crippen molar-refractivity contribution in [1.29, 1.82) is 5.26 Å². The monoisotopic (exact) mass is 465 g/mol. The molecule has 0 aliphatic carbocycles. The molecule has 162 valence electrons. The van der Waals surface area contributed by atoms with Crippen molar-refractivity contribution < 1.29 is 0 Å². The van der Waals surface area contributed by atoms with Gasteiger partial charge in [0, 0.05) is 46.8 Å². The summed E-state index contributed by atoms with van der Waals surface area (Å²) < 4.78 is 0. The molecular formula is C22H20ClN7OS. The Bertz CT molecular complexity index is 1450. The molecule has 5 rings (SSSR count). The van der Waals surface area contributed by atoms with E-state index in [1.165, 1.54) is 18.0 Å². The van der Waals surface area contributed by atoms with Gasteiger partial charge in [0.25, 0.3) is 0 Å². The lowest BCUT2D eigenvalue weighted by atomic mass is 10.1. The van der Waals surface area contributed by atoms with E-state index >= 15 is 0 Å². The van der Waals surface area contributed by atoms with Crippen LogP contribution in [-0.4, -0.2) is 39.1 Å². The highest BCUT2D eigenvalue weighted by molar-refractivity contribution is 7.99. The number of hydrogen-bond acceptors (Lipinski definition) is 7. The smallest absolute Gasteiger partial charge is 0.207 e. The number of aromatic nitrogens is 4. The Morgan fingerprint density at radius 3 is 2.97 bits per heavy atom. The van der Waals surface area contributed by atoms with Gasteiger partial charge in [-0.05, 0) is 42.8 Å². The van der Waals surface area contributed by atoms with Crippen LogP contribution < -0.4 is 16.1 Å². The molecule has 1 aliphatic rings. The van der Waals surface area contributed by atoms with Crippen LogP contribution in [0.3, 0.4) is 0 Å². The first-order chi connectivity index (χ1) is 15.5. The fourth-order valence-corrected chi connectivity index (χ4v) is 5.17. The van der Waals surface area contributed by atoms with Gasteiger partial charge in [-0.3, -0.25) is 4.79 Å². The Hall–Kier alpha value is -3.06. The zero-order chi connectivity index (χ0) is 22.4. The minimum Gasteiger partial charge on any atom is -0.360 e. The van der Waals surface area contributed by atoms with Gasteiger partial charge in [0.2, 0.25) is 5.43 Å². The Kier molecular flexibility index (Phi) is 5.29. The van der Waals surface area contributed by atoms with Crippen molar-refractivity contribution in [3.8, 4) is 6.07 Å². The molecule has 0 spiro atoms. The molecule has 3 aromatic heterocycles. The van der Waals surface area contributed by atoms with Gasteiger partial charge in [0.1, 0.15) is 23.1 Å². The minimum atomic E-state index is -0.296. The minimum absolute atomic E-state index is 0.0816.